The SMILES string of the molecule is Cc1ccc(C(O)CN2CCCC(N(C)C)C2)c(C)c1. The van der Waals surface area contributed by atoms with Gasteiger partial charge in [-0.25, -0.2) is 0 Å². The van der Waals surface area contributed by atoms with Gasteiger partial charge in [0.25, 0.3) is 0 Å². The number of likely N-dealkylation sites (tertiary alicyclic amines) is 1. The van der Waals surface area contributed by atoms with Crippen LogP contribution in [0.15, 0.2) is 18.2 Å². The number of β-amino-alcohol motifs (C(OH)–C–C–N with tert-alkyl or cyclic N) is 1. The fourth-order valence-corrected chi connectivity index (χ4v) is 3.16. The number of piperidine rings is 1. The van der Waals surface area contributed by atoms with Crippen molar-refractivity contribution in [2.75, 3.05) is 33.7 Å². The molecule has 1 aromatic carbocycles. The Morgan fingerprint density at radius 2 is 2.10 bits per heavy atom. The second kappa shape index (κ2) is 6.70. The summed E-state index contributed by atoms with van der Waals surface area (Å²) in [4.78, 5) is 4.70. The number of likely N-dealkylation sites (N-methyl/N-ethyl adjacent to an activating group) is 1. The summed E-state index contributed by atoms with van der Waals surface area (Å²) in [7, 11) is 4.30. The van der Waals surface area contributed by atoms with Crippen LogP contribution < -0.4 is 0 Å². The summed E-state index contributed by atoms with van der Waals surface area (Å²) in [5.74, 6) is 0. The highest BCUT2D eigenvalue weighted by Gasteiger charge is 2.23. The van der Waals surface area contributed by atoms with Crippen LogP contribution >= 0.6 is 0 Å². The molecule has 1 saturated heterocycles. The van der Waals surface area contributed by atoms with E-state index in [9.17, 15) is 5.11 Å². The Labute approximate surface area is 123 Å². The van der Waals surface area contributed by atoms with Crippen molar-refractivity contribution in [2.24, 2.45) is 0 Å². The van der Waals surface area contributed by atoms with Crippen LogP contribution in [0.4, 0.5) is 0 Å². The van der Waals surface area contributed by atoms with Crippen LogP contribution in [0.2, 0.25) is 0 Å². The largest absolute Gasteiger partial charge is 0.387 e. The molecule has 2 atom stereocenters. The number of hydrogen-bond donors (Lipinski definition) is 1. The first-order chi connectivity index (χ1) is 9.47. The third-order valence-corrected chi connectivity index (χ3v) is 4.43. The number of rotatable bonds is 4. The van der Waals surface area contributed by atoms with Gasteiger partial charge in [0.15, 0.2) is 0 Å². The minimum Gasteiger partial charge on any atom is -0.387 e. The number of aryl methyl sites for hydroxylation is 2. The predicted molar refractivity (Wildman–Crippen MR) is 84.0 cm³/mol. The van der Waals surface area contributed by atoms with E-state index in [-0.39, 0.29) is 6.10 Å². The summed E-state index contributed by atoms with van der Waals surface area (Å²) in [6.45, 7) is 7.09. The maximum Gasteiger partial charge on any atom is 0.0919 e. The summed E-state index contributed by atoms with van der Waals surface area (Å²) in [6, 6.07) is 6.93. The summed E-state index contributed by atoms with van der Waals surface area (Å²) >= 11 is 0. The highest BCUT2D eigenvalue weighted by molar-refractivity contribution is 5.32. The van der Waals surface area contributed by atoms with Crippen LogP contribution in [0.3, 0.4) is 0 Å². The van der Waals surface area contributed by atoms with E-state index in [0.29, 0.717) is 6.04 Å². The highest BCUT2D eigenvalue weighted by Crippen LogP contribution is 2.22. The number of aliphatic hydroxyl groups excluding tert-OH is 1. The minimum absolute atomic E-state index is 0.378. The lowest BCUT2D eigenvalue weighted by Crippen LogP contribution is -2.46. The Morgan fingerprint density at radius 1 is 1.35 bits per heavy atom. The van der Waals surface area contributed by atoms with Crippen molar-refractivity contribution in [3.8, 4) is 0 Å². The smallest absolute Gasteiger partial charge is 0.0919 e. The first-order valence-electron chi connectivity index (χ1n) is 7.61. The molecule has 20 heavy (non-hydrogen) atoms. The third kappa shape index (κ3) is 3.81. The molecule has 1 aliphatic heterocycles. The van der Waals surface area contributed by atoms with Gasteiger partial charge in [0.2, 0.25) is 0 Å². The summed E-state index contributed by atoms with van der Waals surface area (Å²) in [5, 5.41) is 10.5. The molecule has 0 spiro atoms. The first kappa shape index (κ1) is 15.5. The van der Waals surface area contributed by atoms with Gasteiger partial charge in [-0.3, -0.25) is 4.90 Å². The average molecular weight is 276 g/mol. The van der Waals surface area contributed by atoms with Crippen LogP contribution in [0.5, 0.6) is 0 Å². The van der Waals surface area contributed by atoms with Crippen molar-refractivity contribution in [3.05, 3.63) is 34.9 Å². The molecule has 1 N–H and O–H groups in total. The van der Waals surface area contributed by atoms with Gasteiger partial charge in [0, 0.05) is 19.1 Å². The maximum absolute atomic E-state index is 10.5. The monoisotopic (exact) mass is 276 g/mol. The standard InChI is InChI=1S/C17H28N2O/c1-13-7-8-16(14(2)10-13)17(20)12-19-9-5-6-15(11-19)18(3)4/h7-8,10,15,17,20H,5-6,9,11-12H2,1-4H3. The van der Waals surface area contributed by atoms with Crippen LogP contribution in [0, 0.1) is 13.8 Å². The van der Waals surface area contributed by atoms with Crippen LogP contribution in [-0.4, -0.2) is 54.7 Å². The molecule has 2 rings (SSSR count). The van der Waals surface area contributed by atoms with Gasteiger partial charge in [-0.05, 0) is 58.5 Å². The Hall–Kier alpha value is -0.900. The zero-order valence-electron chi connectivity index (χ0n) is 13.3. The summed E-state index contributed by atoms with van der Waals surface area (Å²) < 4.78 is 0. The summed E-state index contributed by atoms with van der Waals surface area (Å²) in [6.07, 6.45) is 2.11. The first-order valence-corrected chi connectivity index (χ1v) is 7.61. The molecule has 0 bridgehead atoms. The van der Waals surface area contributed by atoms with Gasteiger partial charge in [0.05, 0.1) is 6.10 Å². The van der Waals surface area contributed by atoms with E-state index in [1.165, 1.54) is 24.0 Å². The molecule has 0 aliphatic carbocycles. The fourth-order valence-electron chi connectivity index (χ4n) is 3.16. The van der Waals surface area contributed by atoms with Gasteiger partial charge in [0.1, 0.15) is 0 Å². The van der Waals surface area contributed by atoms with Gasteiger partial charge in [-0.15, -0.1) is 0 Å². The molecule has 3 heteroatoms. The van der Waals surface area contributed by atoms with Crippen molar-refractivity contribution in [3.63, 3.8) is 0 Å². The van der Waals surface area contributed by atoms with E-state index < -0.39 is 0 Å². The van der Waals surface area contributed by atoms with Crippen molar-refractivity contribution < 1.29 is 5.11 Å². The Bertz CT molecular complexity index is 445. The van der Waals surface area contributed by atoms with Crippen LogP contribution in [-0.2, 0) is 0 Å². The zero-order chi connectivity index (χ0) is 14.7. The van der Waals surface area contributed by atoms with Crippen molar-refractivity contribution in [1.29, 1.82) is 0 Å². The molecule has 1 fully saturated rings. The van der Waals surface area contributed by atoms with Crippen molar-refractivity contribution in [2.45, 2.75) is 38.8 Å². The van der Waals surface area contributed by atoms with E-state index >= 15 is 0 Å². The van der Waals surface area contributed by atoms with E-state index in [4.69, 9.17) is 0 Å². The lowest BCUT2D eigenvalue weighted by atomic mass is 9.99. The predicted octanol–water partition coefficient (Wildman–Crippen LogP) is 2.36. The van der Waals surface area contributed by atoms with Gasteiger partial charge in [-0.1, -0.05) is 23.8 Å². The molecule has 0 aromatic heterocycles. The van der Waals surface area contributed by atoms with E-state index in [2.05, 4.69) is 55.9 Å². The highest BCUT2D eigenvalue weighted by atomic mass is 16.3. The molecule has 0 radical (unpaired) electrons. The Kier molecular flexibility index (Phi) is 5.19. The quantitative estimate of drug-likeness (QED) is 0.914. The Morgan fingerprint density at radius 3 is 2.75 bits per heavy atom. The van der Waals surface area contributed by atoms with Crippen molar-refractivity contribution in [1.82, 2.24) is 9.80 Å². The molecular formula is C17H28N2O. The molecule has 1 aliphatic rings. The number of hydrogen-bond acceptors (Lipinski definition) is 3. The molecule has 3 nitrogen and oxygen atoms in total. The van der Waals surface area contributed by atoms with E-state index in [0.717, 1.165) is 25.2 Å². The van der Waals surface area contributed by atoms with E-state index in [1.807, 2.05) is 0 Å². The molecule has 0 amide bonds. The normalized spacial score (nSPS) is 22.2. The second-order valence-corrected chi connectivity index (χ2v) is 6.40. The van der Waals surface area contributed by atoms with E-state index in [1.54, 1.807) is 0 Å². The average Bonchev–Trinajstić information content (AvgIpc) is 2.38. The second-order valence-electron chi connectivity index (χ2n) is 6.40. The van der Waals surface area contributed by atoms with Crippen LogP contribution in [0.1, 0.15) is 35.6 Å². The van der Waals surface area contributed by atoms with Gasteiger partial charge >= 0.3 is 0 Å². The zero-order valence-corrected chi connectivity index (χ0v) is 13.3. The topological polar surface area (TPSA) is 26.7 Å². The van der Waals surface area contributed by atoms with Crippen LogP contribution in [0.25, 0.3) is 0 Å². The van der Waals surface area contributed by atoms with Crippen molar-refractivity contribution >= 4 is 0 Å². The fraction of sp³-hybridized carbons (Fsp3) is 0.647. The Balaban J connectivity index is 1.98. The molecule has 1 aromatic rings. The molecule has 2 unspecified atom stereocenters. The molecule has 112 valence electrons. The lowest BCUT2D eigenvalue weighted by Gasteiger charge is -2.37. The molecule has 0 saturated carbocycles. The third-order valence-electron chi connectivity index (χ3n) is 4.43. The molecular weight excluding hydrogens is 248 g/mol. The lowest BCUT2D eigenvalue weighted by molar-refractivity contribution is 0.0719. The molecule has 1 heterocycles. The number of aliphatic hydroxyl groups is 1. The summed E-state index contributed by atoms with van der Waals surface area (Å²) in [5.41, 5.74) is 3.52. The number of nitrogens with zero attached hydrogens (tertiary/aromatic N) is 2. The minimum atomic E-state index is -0.378. The van der Waals surface area contributed by atoms with Gasteiger partial charge in [-0.2, -0.15) is 0 Å². The number of benzene rings is 1. The van der Waals surface area contributed by atoms with Gasteiger partial charge < -0.3 is 10.0 Å². The maximum atomic E-state index is 10.5.